The molecule has 0 saturated carbocycles. The van der Waals surface area contributed by atoms with Gasteiger partial charge in [0.1, 0.15) is 5.82 Å². The monoisotopic (exact) mass is 483 g/mol. The fourth-order valence-corrected chi connectivity index (χ4v) is 4.24. The van der Waals surface area contributed by atoms with Crippen molar-refractivity contribution in [1.29, 1.82) is 0 Å². The number of benzene rings is 1. The van der Waals surface area contributed by atoms with Gasteiger partial charge in [0.2, 0.25) is 5.95 Å². The maximum absolute atomic E-state index is 4.81. The lowest BCUT2D eigenvalue weighted by molar-refractivity contribution is 0.316. The number of aryl methyl sites for hydroxylation is 1. The van der Waals surface area contributed by atoms with Gasteiger partial charge in [0.15, 0.2) is 0 Å². The van der Waals surface area contributed by atoms with E-state index in [0.29, 0.717) is 5.95 Å². The Labute approximate surface area is 202 Å². The minimum atomic E-state index is -0.0953. The number of likely N-dealkylation sites (N-methyl/N-ethyl adjacent to an activating group) is 1. The molecule has 0 aliphatic rings. The first-order valence-electron chi connectivity index (χ1n) is 10.4. The van der Waals surface area contributed by atoms with Gasteiger partial charge in [0.25, 0.3) is 0 Å². The van der Waals surface area contributed by atoms with Gasteiger partial charge < -0.3 is 15.5 Å². The normalized spacial score (nSPS) is 11.2. The predicted octanol–water partition coefficient (Wildman–Crippen LogP) is 6.47. The van der Waals surface area contributed by atoms with Gasteiger partial charge in [-0.05, 0) is 52.4 Å². The van der Waals surface area contributed by atoms with Gasteiger partial charge >= 0.3 is 0 Å². The van der Waals surface area contributed by atoms with Gasteiger partial charge in [0, 0.05) is 23.5 Å². The SMILES string of the molecule is CCN(CC)CCNc1nc(NC(C)(C)C)nc2cc(-c3ccc(C)cc3)sc12.Cl.Cl. The van der Waals surface area contributed by atoms with Crippen molar-refractivity contribution in [3.63, 3.8) is 0 Å². The van der Waals surface area contributed by atoms with Gasteiger partial charge in [-0.25, -0.2) is 4.98 Å². The molecule has 0 atom stereocenters. The summed E-state index contributed by atoms with van der Waals surface area (Å²) in [5, 5.41) is 6.99. The maximum atomic E-state index is 4.81. The topological polar surface area (TPSA) is 53.1 Å². The molecule has 0 amide bonds. The average molecular weight is 485 g/mol. The molecule has 0 aliphatic heterocycles. The molecule has 2 N–H and O–H groups in total. The van der Waals surface area contributed by atoms with Crippen molar-refractivity contribution in [2.24, 2.45) is 0 Å². The second-order valence-corrected chi connectivity index (χ2v) is 9.47. The Hall–Kier alpha value is -1.60. The van der Waals surface area contributed by atoms with Crippen LogP contribution in [0.25, 0.3) is 20.7 Å². The standard InChI is InChI=1S/C23H33N5S.2ClH/c1-7-28(8-2)14-13-24-21-20-18(25-22(26-21)27-23(4,5)6)15-19(29-20)17-11-9-16(3)10-12-17;;/h9-12,15H,7-8,13-14H2,1-6H3,(H2,24,25,26,27);2*1H. The molecule has 1 aromatic carbocycles. The zero-order valence-electron chi connectivity index (χ0n) is 19.3. The molecule has 0 aliphatic carbocycles. The molecular weight excluding hydrogens is 449 g/mol. The molecule has 2 heterocycles. The Morgan fingerprint density at radius 2 is 1.65 bits per heavy atom. The van der Waals surface area contributed by atoms with Crippen LogP contribution in [-0.4, -0.2) is 46.6 Å². The summed E-state index contributed by atoms with van der Waals surface area (Å²) in [5.41, 5.74) is 3.38. The molecule has 0 unspecified atom stereocenters. The average Bonchev–Trinajstić information content (AvgIpc) is 3.08. The molecule has 8 heteroatoms. The third-order valence-corrected chi connectivity index (χ3v) is 5.99. The Bertz CT molecular complexity index is 947. The van der Waals surface area contributed by atoms with Crippen molar-refractivity contribution >= 4 is 58.1 Å². The number of fused-ring (bicyclic) bond motifs is 1. The fourth-order valence-electron chi connectivity index (χ4n) is 3.17. The van der Waals surface area contributed by atoms with Crippen LogP contribution in [0.5, 0.6) is 0 Å². The van der Waals surface area contributed by atoms with Crippen LogP contribution in [0.1, 0.15) is 40.2 Å². The van der Waals surface area contributed by atoms with Crippen molar-refractivity contribution in [2.75, 3.05) is 36.8 Å². The van der Waals surface area contributed by atoms with E-state index >= 15 is 0 Å². The van der Waals surface area contributed by atoms with E-state index in [1.54, 1.807) is 11.3 Å². The number of halogens is 2. The van der Waals surface area contributed by atoms with E-state index in [1.165, 1.54) is 16.0 Å². The quantitative estimate of drug-likeness (QED) is 0.384. The number of rotatable bonds is 8. The number of aromatic nitrogens is 2. The lowest BCUT2D eigenvalue weighted by atomic mass is 10.1. The Morgan fingerprint density at radius 1 is 1.00 bits per heavy atom. The molecule has 0 saturated heterocycles. The molecule has 3 rings (SSSR count). The van der Waals surface area contributed by atoms with E-state index in [-0.39, 0.29) is 30.4 Å². The Morgan fingerprint density at radius 3 is 2.23 bits per heavy atom. The Kier molecular flexibility index (Phi) is 10.5. The number of nitrogens with zero attached hydrogens (tertiary/aromatic N) is 3. The first-order valence-corrected chi connectivity index (χ1v) is 11.2. The summed E-state index contributed by atoms with van der Waals surface area (Å²) in [5.74, 6) is 1.58. The maximum Gasteiger partial charge on any atom is 0.225 e. The summed E-state index contributed by atoms with van der Waals surface area (Å²) in [7, 11) is 0. The largest absolute Gasteiger partial charge is 0.367 e. The van der Waals surface area contributed by atoms with Crippen molar-refractivity contribution in [1.82, 2.24) is 14.9 Å². The molecule has 0 fully saturated rings. The summed E-state index contributed by atoms with van der Waals surface area (Å²) >= 11 is 1.75. The molecule has 172 valence electrons. The molecule has 3 aromatic rings. The third-order valence-electron chi connectivity index (χ3n) is 4.81. The van der Waals surface area contributed by atoms with E-state index in [4.69, 9.17) is 9.97 Å². The predicted molar refractivity (Wildman–Crippen MR) is 142 cm³/mol. The third kappa shape index (κ3) is 7.49. The van der Waals surface area contributed by atoms with Crippen LogP contribution in [0.2, 0.25) is 0 Å². The van der Waals surface area contributed by atoms with Crippen LogP contribution < -0.4 is 10.6 Å². The number of hydrogen-bond donors (Lipinski definition) is 2. The molecule has 2 aromatic heterocycles. The molecule has 0 radical (unpaired) electrons. The van der Waals surface area contributed by atoms with E-state index in [0.717, 1.165) is 42.2 Å². The van der Waals surface area contributed by atoms with E-state index in [9.17, 15) is 0 Å². The lowest BCUT2D eigenvalue weighted by Gasteiger charge is -2.21. The first-order chi connectivity index (χ1) is 13.8. The van der Waals surface area contributed by atoms with Crippen LogP contribution in [0.15, 0.2) is 30.3 Å². The summed E-state index contributed by atoms with van der Waals surface area (Å²) < 4.78 is 1.11. The van der Waals surface area contributed by atoms with Gasteiger partial charge in [-0.15, -0.1) is 36.2 Å². The highest BCUT2D eigenvalue weighted by Crippen LogP contribution is 2.37. The molecule has 5 nitrogen and oxygen atoms in total. The second kappa shape index (κ2) is 11.9. The van der Waals surface area contributed by atoms with Crippen LogP contribution >= 0.6 is 36.2 Å². The molecule has 31 heavy (non-hydrogen) atoms. The highest BCUT2D eigenvalue weighted by Gasteiger charge is 2.17. The summed E-state index contributed by atoms with van der Waals surface area (Å²) in [6.07, 6.45) is 0. The van der Waals surface area contributed by atoms with Gasteiger partial charge in [0.05, 0.1) is 10.2 Å². The van der Waals surface area contributed by atoms with Crippen LogP contribution in [0.4, 0.5) is 11.8 Å². The second-order valence-electron chi connectivity index (χ2n) is 8.42. The smallest absolute Gasteiger partial charge is 0.225 e. The Balaban J connectivity index is 0.00000240. The molecule has 0 spiro atoms. The summed E-state index contributed by atoms with van der Waals surface area (Å²) in [6, 6.07) is 10.8. The highest BCUT2D eigenvalue weighted by molar-refractivity contribution is 7.22. The van der Waals surface area contributed by atoms with Crippen LogP contribution in [0, 0.1) is 6.92 Å². The van der Waals surface area contributed by atoms with Crippen LogP contribution in [0.3, 0.4) is 0 Å². The van der Waals surface area contributed by atoms with Crippen LogP contribution in [-0.2, 0) is 0 Å². The van der Waals surface area contributed by atoms with E-state index < -0.39 is 0 Å². The lowest BCUT2D eigenvalue weighted by Crippen LogP contribution is -2.29. The van der Waals surface area contributed by atoms with Gasteiger partial charge in [-0.1, -0.05) is 43.7 Å². The number of anilines is 2. The van der Waals surface area contributed by atoms with E-state index in [1.807, 2.05) is 0 Å². The van der Waals surface area contributed by atoms with Crippen molar-refractivity contribution < 1.29 is 0 Å². The van der Waals surface area contributed by atoms with Gasteiger partial charge in [-0.2, -0.15) is 4.98 Å². The minimum Gasteiger partial charge on any atom is -0.367 e. The highest BCUT2D eigenvalue weighted by atomic mass is 35.5. The van der Waals surface area contributed by atoms with Crippen molar-refractivity contribution in [3.05, 3.63) is 35.9 Å². The summed E-state index contributed by atoms with van der Waals surface area (Å²) in [4.78, 5) is 13.2. The minimum absolute atomic E-state index is 0. The van der Waals surface area contributed by atoms with E-state index in [2.05, 4.69) is 87.4 Å². The number of thiophene rings is 1. The zero-order chi connectivity index (χ0) is 21.0. The summed E-state index contributed by atoms with van der Waals surface area (Å²) in [6.45, 7) is 16.9. The number of hydrogen-bond acceptors (Lipinski definition) is 6. The van der Waals surface area contributed by atoms with Crippen molar-refractivity contribution in [3.8, 4) is 10.4 Å². The molecular formula is C23H35Cl2N5S. The molecule has 0 bridgehead atoms. The first kappa shape index (κ1) is 27.4. The fraction of sp³-hybridized carbons (Fsp3) is 0.478. The number of nitrogens with one attached hydrogen (secondary N) is 2. The van der Waals surface area contributed by atoms with Crippen molar-refractivity contribution in [2.45, 2.75) is 47.1 Å². The zero-order valence-corrected chi connectivity index (χ0v) is 21.7. The van der Waals surface area contributed by atoms with Gasteiger partial charge in [-0.3, -0.25) is 0 Å².